The zero-order valence-corrected chi connectivity index (χ0v) is 10.6. The van der Waals surface area contributed by atoms with Gasteiger partial charge in [0.2, 0.25) is 0 Å². The molecule has 0 saturated heterocycles. The molecule has 0 fully saturated rings. The normalized spacial score (nSPS) is 11.1. The molecule has 0 unspecified atom stereocenters. The van der Waals surface area contributed by atoms with E-state index in [1.807, 2.05) is 0 Å². The average molecular weight is 252 g/mol. The lowest BCUT2D eigenvalue weighted by atomic mass is 10.0. The first-order valence-electron chi connectivity index (χ1n) is 5.45. The van der Waals surface area contributed by atoms with Crippen LogP contribution in [-0.2, 0) is 0 Å². The Kier molecular flexibility index (Phi) is 4.03. The van der Waals surface area contributed by atoms with Gasteiger partial charge in [-0.25, -0.2) is 0 Å². The van der Waals surface area contributed by atoms with Crippen molar-refractivity contribution in [2.75, 3.05) is 6.61 Å². The van der Waals surface area contributed by atoms with Gasteiger partial charge >= 0.3 is 0 Å². The zero-order chi connectivity index (χ0) is 13.9. The van der Waals surface area contributed by atoms with E-state index in [0.717, 1.165) is 0 Å². The van der Waals surface area contributed by atoms with Crippen LogP contribution in [0.25, 0.3) is 0 Å². The Morgan fingerprint density at radius 2 is 2.11 bits per heavy atom. The smallest absolute Gasteiger partial charge is 0.273 e. The van der Waals surface area contributed by atoms with Gasteiger partial charge in [-0.15, -0.1) is 0 Å². The van der Waals surface area contributed by atoms with Crippen LogP contribution in [0.1, 0.15) is 29.8 Å². The summed E-state index contributed by atoms with van der Waals surface area (Å²) in [5, 5.41) is 22.4. The highest BCUT2D eigenvalue weighted by Gasteiger charge is 2.21. The maximum atomic E-state index is 11.9. The minimum Gasteiger partial charge on any atom is -0.394 e. The molecule has 1 aromatic rings. The second-order valence-corrected chi connectivity index (χ2v) is 4.75. The van der Waals surface area contributed by atoms with E-state index in [9.17, 15) is 14.9 Å². The molecular formula is C12H16N2O4. The van der Waals surface area contributed by atoms with Crippen LogP contribution in [0, 0.1) is 17.0 Å². The monoisotopic (exact) mass is 252 g/mol. The summed E-state index contributed by atoms with van der Waals surface area (Å²) in [5.74, 6) is -0.447. The third-order valence-electron chi connectivity index (χ3n) is 2.52. The summed E-state index contributed by atoms with van der Waals surface area (Å²) >= 11 is 0. The van der Waals surface area contributed by atoms with Crippen molar-refractivity contribution in [2.24, 2.45) is 0 Å². The molecule has 6 nitrogen and oxygen atoms in total. The number of nitrogens with one attached hydrogen (secondary N) is 1. The van der Waals surface area contributed by atoms with Crippen LogP contribution in [0.3, 0.4) is 0 Å². The topological polar surface area (TPSA) is 92.5 Å². The molecule has 0 aliphatic carbocycles. The fourth-order valence-electron chi connectivity index (χ4n) is 1.37. The lowest BCUT2D eigenvalue weighted by molar-refractivity contribution is -0.385. The van der Waals surface area contributed by atoms with E-state index in [4.69, 9.17) is 5.11 Å². The lowest BCUT2D eigenvalue weighted by Gasteiger charge is -2.23. The van der Waals surface area contributed by atoms with Gasteiger partial charge in [-0.2, -0.15) is 0 Å². The number of nitro benzene ring substituents is 1. The van der Waals surface area contributed by atoms with Crippen LogP contribution in [0.15, 0.2) is 18.2 Å². The summed E-state index contributed by atoms with van der Waals surface area (Å²) in [5.41, 5.74) is -0.159. The Bertz CT molecular complexity index is 483. The SMILES string of the molecule is Cc1ccc(C(=O)NC(C)(C)CO)cc1[N+](=O)[O-]. The molecule has 0 heterocycles. The number of carbonyl (C=O) groups excluding carboxylic acids is 1. The third kappa shape index (κ3) is 3.27. The first-order chi connectivity index (χ1) is 8.26. The molecule has 0 saturated carbocycles. The van der Waals surface area contributed by atoms with Gasteiger partial charge in [0.15, 0.2) is 0 Å². The summed E-state index contributed by atoms with van der Waals surface area (Å²) in [7, 11) is 0. The average Bonchev–Trinajstić information content (AvgIpc) is 2.28. The van der Waals surface area contributed by atoms with E-state index in [0.29, 0.717) is 5.56 Å². The van der Waals surface area contributed by atoms with Crippen molar-refractivity contribution in [2.45, 2.75) is 26.3 Å². The highest BCUT2D eigenvalue weighted by atomic mass is 16.6. The number of aliphatic hydroxyl groups is 1. The van der Waals surface area contributed by atoms with Crippen molar-refractivity contribution in [3.8, 4) is 0 Å². The molecule has 98 valence electrons. The molecule has 0 atom stereocenters. The number of hydrogen-bond donors (Lipinski definition) is 2. The van der Waals surface area contributed by atoms with Gasteiger partial charge in [0, 0.05) is 17.2 Å². The standard InChI is InChI=1S/C12H16N2O4/c1-8-4-5-9(6-10(8)14(17)18)11(16)13-12(2,3)7-15/h4-6,15H,7H2,1-3H3,(H,13,16). The van der Waals surface area contributed by atoms with Gasteiger partial charge in [-0.1, -0.05) is 6.07 Å². The number of nitrogens with zero attached hydrogens (tertiary/aromatic N) is 1. The predicted molar refractivity (Wildman–Crippen MR) is 66.5 cm³/mol. The molecule has 0 bridgehead atoms. The van der Waals surface area contributed by atoms with Crippen molar-refractivity contribution in [3.63, 3.8) is 0 Å². The minimum atomic E-state index is -0.767. The second kappa shape index (κ2) is 5.14. The molecule has 1 aromatic carbocycles. The molecule has 1 amide bonds. The molecule has 1 rings (SSSR count). The van der Waals surface area contributed by atoms with Crippen molar-refractivity contribution >= 4 is 11.6 Å². The van der Waals surface area contributed by atoms with Crippen LogP contribution in [-0.4, -0.2) is 28.1 Å². The van der Waals surface area contributed by atoms with Crippen molar-refractivity contribution in [1.82, 2.24) is 5.32 Å². The van der Waals surface area contributed by atoms with Crippen LogP contribution < -0.4 is 5.32 Å². The summed E-state index contributed by atoms with van der Waals surface area (Å²) in [6.07, 6.45) is 0. The molecule has 2 N–H and O–H groups in total. The molecule has 6 heteroatoms. The zero-order valence-electron chi connectivity index (χ0n) is 10.6. The maximum absolute atomic E-state index is 11.9. The van der Waals surface area contributed by atoms with Crippen molar-refractivity contribution < 1.29 is 14.8 Å². The molecular weight excluding hydrogens is 236 g/mol. The van der Waals surface area contributed by atoms with Crippen molar-refractivity contribution in [1.29, 1.82) is 0 Å². The fourth-order valence-corrected chi connectivity index (χ4v) is 1.37. The minimum absolute atomic E-state index is 0.0931. The Morgan fingerprint density at radius 3 is 2.61 bits per heavy atom. The van der Waals surface area contributed by atoms with Gasteiger partial charge in [0.25, 0.3) is 11.6 Å². The Balaban J connectivity index is 3.01. The van der Waals surface area contributed by atoms with Crippen LogP contribution in [0.5, 0.6) is 0 Å². The highest BCUT2D eigenvalue weighted by Crippen LogP contribution is 2.19. The number of hydrogen-bond acceptors (Lipinski definition) is 4. The summed E-state index contributed by atoms with van der Waals surface area (Å²) in [4.78, 5) is 22.1. The van der Waals surface area contributed by atoms with Crippen molar-refractivity contribution in [3.05, 3.63) is 39.4 Å². The number of rotatable bonds is 4. The summed E-state index contributed by atoms with van der Waals surface area (Å²) < 4.78 is 0. The Hall–Kier alpha value is -1.95. The fraction of sp³-hybridized carbons (Fsp3) is 0.417. The van der Waals surface area contributed by atoms with E-state index >= 15 is 0 Å². The predicted octanol–water partition coefficient (Wildman–Crippen LogP) is 1.40. The molecule has 0 aliphatic rings. The van der Waals surface area contributed by atoms with Gasteiger partial charge in [0.1, 0.15) is 0 Å². The second-order valence-electron chi connectivity index (χ2n) is 4.75. The summed E-state index contributed by atoms with van der Waals surface area (Å²) in [6, 6.07) is 4.28. The highest BCUT2D eigenvalue weighted by molar-refractivity contribution is 5.95. The molecule has 0 spiro atoms. The summed E-state index contributed by atoms with van der Waals surface area (Å²) in [6.45, 7) is 4.71. The quantitative estimate of drug-likeness (QED) is 0.625. The third-order valence-corrected chi connectivity index (χ3v) is 2.52. The van der Waals surface area contributed by atoms with Crippen LogP contribution >= 0.6 is 0 Å². The Morgan fingerprint density at radius 1 is 1.50 bits per heavy atom. The Labute approximate surface area is 105 Å². The number of nitro groups is 1. The van der Waals surface area contributed by atoms with E-state index < -0.39 is 16.4 Å². The van der Waals surface area contributed by atoms with Gasteiger partial charge in [-0.3, -0.25) is 14.9 Å². The first-order valence-corrected chi connectivity index (χ1v) is 5.45. The molecule has 0 radical (unpaired) electrons. The number of aliphatic hydroxyl groups excluding tert-OH is 1. The lowest BCUT2D eigenvalue weighted by Crippen LogP contribution is -2.46. The number of amides is 1. The van der Waals surface area contributed by atoms with Gasteiger partial charge in [-0.05, 0) is 26.8 Å². The van der Waals surface area contributed by atoms with E-state index in [1.165, 1.54) is 18.2 Å². The van der Waals surface area contributed by atoms with Gasteiger partial charge in [0.05, 0.1) is 17.1 Å². The molecule has 0 aliphatic heterocycles. The number of benzene rings is 1. The number of aryl methyl sites for hydroxylation is 1. The van der Waals surface area contributed by atoms with Crippen LogP contribution in [0.4, 0.5) is 5.69 Å². The molecule has 18 heavy (non-hydrogen) atoms. The van der Waals surface area contributed by atoms with E-state index in [-0.39, 0.29) is 17.9 Å². The van der Waals surface area contributed by atoms with Crippen LogP contribution in [0.2, 0.25) is 0 Å². The van der Waals surface area contributed by atoms with Gasteiger partial charge < -0.3 is 10.4 Å². The molecule has 0 aromatic heterocycles. The maximum Gasteiger partial charge on any atom is 0.273 e. The largest absolute Gasteiger partial charge is 0.394 e. The van der Waals surface area contributed by atoms with E-state index in [2.05, 4.69) is 5.32 Å². The first kappa shape index (κ1) is 14.1. The van der Waals surface area contributed by atoms with E-state index in [1.54, 1.807) is 20.8 Å². The number of carbonyl (C=O) groups is 1.